The van der Waals surface area contributed by atoms with Crippen LogP contribution in [0.2, 0.25) is 0 Å². The van der Waals surface area contributed by atoms with Crippen LogP contribution in [-0.4, -0.2) is 51.2 Å². The monoisotopic (exact) mass is 245 g/mol. The van der Waals surface area contributed by atoms with E-state index in [1.807, 2.05) is 13.8 Å². The Balaban J connectivity index is 1.95. The van der Waals surface area contributed by atoms with Gasteiger partial charge in [-0.2, -0.15) is 0 Å². The summed E-state index contributed by atoms with van der Waals surface area (Å²) >= 11 is 0. The van der Waals surface area contributed by atoms with Crippen LogP contribution < -0.4 is 5.32 Å². The average Bonchev–Trinajstić information content (AvgIpc) is 2.85. The fourth-order valence-electron chi connectivity index (χ4n) is 2.01. The highest BCUT2D eigenvalue weighted by molar-refractivity contribution is 4.76. The van der Waals surface area contributed by atoms with Crippen molar-refractivity contribution in [2.24, 2.45) is 0 Å². The molecule has 1 N–H and O–H groups in total. The van der Waals surface area contributed by atoms with Crippen molar-refractivity contribution in [2.45, 2.75) is 51.9 Å². The van der Waals surface area contributed by atoms with Gasteiger partial charge in [0, 0.05) is 25.8 Å². The molecule has 1 aliphatic heterocycles. The van der Waals surface area contributed by atoms with Crippen LogP contribution in [0.4, 0.5) is 0 Å². The standard InChI is InChI=1S/C13H27NO3/c1-4-15-10-11(2)16-9-7-14-12(3)13-6-5-8-17-13/h11-14H,4-10H2,1-3H3. The van der Waals surface area contributed by atoms with Gasteiger partial charge in [-0.15, -0.1) is 0 Å². The molecule has 1 aliphatic rings. The second-order valence-corrected chi connectivity index (χ2v) is 4.64. The smallest absolute Gasteiger partial charge is 0.0781 e. The lowest BCUT2D eigenvalue weighted by molar-refractivity contribution is -0.00397. The summed E-state index contributed by atoms with van der Waals surface area (Å²) in [6, 6.07) is 0.420. The SMILES string of the molecule is CCOCC(C)OCCNC(C)C1CCCO1. The molecule has 0 radical (unpaired) electrons. The lowest BCUT2D eigenvalue weighted by Gasteiger charge is -2.20. The van der Waals surface area contributed by atoms with Crippen molar-refractivity contribution in [2.75, 3.05) is 33.0 Å². The second-order valence-electron chi connectivity index (χ2n) is 4.64. The third-order valence-corrected chi connectivity index (χ3v) is 3.05. The van der Waals surface area contributed by atoms with Gasteiger partial charge in [0.15, 0.2) is 0 Å². The summed E-state index contributed by atoms with van der Waals surface area (Å²) < 4.78 is 16.5. The summed E-state index contributed by atoms with van der Waals surface area (Å²) in [5, 5.41) is 3.45. The molecule has 1 saturated heterocycles. The molecule has 1 fully saturated rings. The predicted molar refractivity (Wildman–Crippen MR) is 68.3 cm³/mol. The molecule has 0 spiro atoms. The van der Waals surface area contributed by atoms with E-state index in [2.05, 4.69) is 12.2 Å². The van der Waals surface area contributed by atoms with E-state index < -0.39 is 0 Å². The zero-order valence-corrected chi connectivity index (χ0v) is 11.4. The number of hydrogen-bond acceptors (Lipinski definition) is 4. The van der Waals surface area contributed by atoms with Gasteiger partial charge >= 0.3 is 0 Å². The van der Waals surface area contributed by atoms with Crippen LogP contribution in [-0.2, 0) is 14.2 Å². The van der Waals surface area contributed by atoms with Crippen molar-refractivity contribution in [3.8, 4) is 0 Å². The van der Waals surface area contributed by atoms with E-state index in [1.54, 1.807) is 0 Å². The first-order valence-electron chi connectivity index (χ1n) is 6.78. The summed E-state index contributed by atoms with van der Waals surface area (Å²) in [5.74, 6) is 0. The van der Waals surface area contributed by atoms with Gasteiger partial charge in [-0.05, 0) is 33.6 Å². The Bertz CT molecular complexity index is 184. The van der Waals surface area contributed by atoms with Crippen molar-refractivity contribution in [3.63, 3.8) is 0 Å². The highest BCUT2D eigenvalue weighted by Crippen LogP contribution is 2.14. The first-order valence-corrected chi connectivity index (χ1v) is 6.78. The Morgan fingerprint density at radius 2 is 2.24 bits per heavy atom. The molecular formula is C13H27NO3. The molecule has 17 heavy (non-hydrogen) atoms. The Hall–Kier alpha value is -0.160. The fourth-order valence-corrected chi connectivity index (χ4v) is 2.01. The fraction of sp³-hybridized carbons (Fsp3) is 1.00. The number of hydrogen-bond donors (Lipinski definition) is 1. The maximum absolute atomic E-state index is 5.63. The normalized spacial score (nSPS) is 23.8. The zero-order chi connectivity index (χ0) is 12.5. The highest BCUT2D eigenvalue weighted by Gasteiger charge is 2.21. The van der Waals surface area contributed by atoms with Gasteiger partial charge in [0.25, 0.3) is 0 Å². The van der Waals surface area contributed by atoms with Crippen LogP contribution in [0.3, 0.4) is 0 Å². The molecular weight excluding hydrogens is 218 g/mol. The van der Waals surface area contributed by atoms with Crippen molar-refractivity contribution in [1.29, 1.82) is 0 Å². The van der Waals surface area contributed by atoms with Crippen LogP contribution in [0.5, 0.6) is 0 Å². The minimum atomic E-state index is 0.176. The second kappa shape index (κ2) is 8.86. The van der Waals surface area contributed by atoms with Gasteiger partial charge in [-0.1, -0.05) is 0 Å². The van der Waals surface area contributed by atoms with Crippen molar-refractivity contribution < 1.29 is 14.2 Å². The van der Waals surface area contributed by atoms with Crippen molar-refractivity contribution in [3.05, 3.63) is 0 Å². The molecule has 0 amide bonds. The van der Waals surface area contributed by atoms with E-state index in [1.165, 1.54) is 12.8 Å². The summed E-state index contributed by atoms with van der Waals surface area (Å²) in [6.07, 6.45) is 2.93. The molecule has 0 aliphatic carbocycles. The first kappa shape index (κ1) is 14.9. The van der Waals surface area contributed by atoms with Gasteiger partial charge in [0.2, 0.25) is 0 Å². The molecule has 0 aromatic carbocycles. The minimum absolute atomic E-state index is 0.176. The minimum Gasteiger partial charge on any atom is -0.379 e. The summed E-state index contributed by atoms with van der Waals surface area (Å²) in [5.41, 5.74) is 0. The van der Waals surface area contributed by atoms with Crippen LogP contribution in [0.15, 0.2) is 0 Å². The lowest BCUT2D eigenvalue weighted by atomic mass is 10.1. The molecule has 0 bridgehead atoms. The van der Waals surface area contributed by atoms with E-state index in [-0.39, 0.29) is 6.10 Å². The molecule has 0 saturated carbocycles. The maximum atomic E-state index is 5.63. The lowest BCUT2D eigenvalue weighted by Crippen LogP contribution is -2.39. The molecule has 102 valence electrons. The van der Waals surface area contributed by atoms with E-state index in [0.717, 1.165) is 26.4 Å². The number of rotatable bonds is 9. The van der Waals surface area contributed by atoms with Crippen LogP contribution >= 0.6 is 0 Å². The van der Waals surface area contributed by atoms with Gasteiger partial charge in [-0.25, -0.2) is 0 Å². The third kappa shape index (κ3) is 6.36. The molecule has 3 atom stereocenters. The van der Waals surface area contributed by atoms with Gasteiger partial charge in [0.05, 0.1) is 25.4 Å². The van der Waals surface area contributed by atoms with Crippen LogP contribution in [0.25, 0.3) is 0 Å². The van der Waals surface area contributed by atoms with E-state index >= 15 is 0 Å². The molecule has 4 heteroatoms. The zero-order valence-electron chi connectivity index (χ0n) is 11.4. The topological polar surface area (TPSA) is 39.7 Å². The molecule has 3 unspecified atom stereocenters. The van der Waals surface area contributed by atoms with E-state index in [9.17, 15) is 0 Å². The maximum Gasteiger partial charge on any atom is 0.0781 e. The molecule has 1 heterocycles. The number of nitrogens with one attached hydrogen (secondary N) is 1. The van der Waals surface area contributed by atoms with Gasteiger partial charge in [0.1, 0.15) is 0 Å². The van der Waals surface area contributed by atoms with E-state index in [4.69, 9.17) is 14.2 Å². The summed E-state index contributed by atoms with van der Waals surface area (Å²) in [7, 11) is 0. The quantitative estimate of drug-likeness (QED) is 0.626. The first-order chi connectivity index (χ1) is 8.24. The molecule has 4 nitrogen and oxygen atoms in total. The Kier molecular flexibility index (Phi) is 7.77. The van der Waals surface area contributed by atoms with Crippen LogP contribution in [0.1, 0.15) is 33.6 Å². The van der Waals surface area contributed by atoms with Crippen molar-refractivity contribution in [1.82, 2.24) is 5.32 Å². The molecule has 1 rings (SSSR count). The van der Waals surface area contributed by atoms with Gasteiger partial charge < -0.3 is 19.5 Å². The van der Waals surface area contributed by atoms with Crippen molar-refractivity contribution >= 4 is 0 Å². The average molecular weight is 245 g/mol. The highest BCUT2D eigenvalue weighted by atomic mass is 16.5. The Morgan fingerprint density at radius 1 is 1.41 bits per heavy atom. The summed E-state index contributed by atoms with van der Waals surface area (Å²) in [6.45, 7) is 10.2. The Labute approximate surface area is 105 Å². The molecule has 0 aromatic heterocycles. The largest absolute Gasteiger partial charge is 0.379 e. The summed E-state index contributed by atoms with van der Waals surface area (Å²) in [4.78, 5) is 0. The Morgan fingerprint density at radius 3 is 2.88 bits per heavy atom. The predicted octanol–water partition coefficient (Wildman–Crippen LogP) is 1.59. The van der Waals surface area contributed by atoms with Gasteiger partial charge in [-0.3, -0.25) is 0 Å². The van der Waals surface area contributed by atoms with E-state index in [0.29, 0.717) is 18.8 Å². The van der Waals surface area contributed by atoms with Crippen LogP contribution in [0, 0.1) is 0 Å². The molecule has 0 aromatic rings. The number of ether oxygens (including phenoxy) is 3. The third-order valence-electron chi connectivity index (χ3n) is 3.05.